The normalized spacial score (nSPS) is 19.4. The fourth-order valence-corrected chi connectivity index (χ4v) is 2.02. The number of rotatable bonds is 4. The van der Waals surface area contributed by atoms with Crippen LogP contribution in [0, 0.1) is 11.7 Å². The summed E-state index contributed by atoms with van der Waals surface area (Å²) in [4.78, 5) is 17.2. The van der Waals surface area contributed by atoms with Crippen LogP contribution in [0.2, 0.25) is 0 Å². The van der Waals surface area contributed by atoms with Crippen LogP contribution >= 0.6 is 0 Å². The number of benzene rings is 1. The molecule has 1 aromatic carbocycles. The molecule has 2 atom stereocenters. The van der Waals surface area contributed by atoms with Gasteiger partial charge in [-0.3, -0.25) is 4.79 Å². The number of carbonyl (C=O) groups is 1. The van der Waals surface area contributed by atoms with Crippen LogP contribution < -0.4 is 5.32 Å². The molecule has 2 rings (SSSR count). The lowest BCUT2D eigenvalue weighted by Crippen LogP contribution is -2.36. The maximum absolute atomic E-state index is 12.9. The van der Waals surface area contributed by atoms with Gasteiger partial charge in [0, 0.05) is 6.42 Å². The van der Waals surface area contributed by atoms with Gasteiger partial charge in [-0.25, -0.2) is 4.39 Å². The molecule has 1 heterocycles. The van der Waals surface area contributed by atoms with E-state index in [4.69, 9.17) is 4.84 Å². The standard InChI is InChI=1S/C15H19FN2O2/c1-9(2)13-8-14(20-18-13)15(19)17-10(3)11-4-6-12(16)7-5-11/h4-7,9-10,14H,8H2,1-3H3,(H,17,19). The molecule has 0 fully saturated rings. The van der Waals surface area contributed by atoms with Crippen molar-refractivity contribution < 1.29 is 14.0 Å². The first-order chi connectivity index (χ1) is 9.47. The van der Waals surface area contributed by atoms with E-state index in [1.54, 1.807) is 12.1 Å². The van der Waals surface area contributed by atoms with Crippen LogP contribution in [0.4, 0.5) is 4.39 Å². The third-order valence-electron chi connectivity index (χ3n) is 3.38. The Bertz CT molecular complexity index is 511. The molecule has 0 aliphatic carbocycles. The van der Waals surface area contributed by atoms with Crippen molar-refractivity contribution in [1.82, 2.24) is 5.32 Å². The highest BCUT2D eigenvalue weighted by Crippen LogP contribution is 2.18. The second-order valence-corrected chi connectivity index (χ2v) is 5.32. The van der Waals surface area contributed by atoms with Gasteiger partial charge in [-0.15, -0.1) is 0 Å². The average Bonchev–Trinajstić information content (AvgIpc) is 2.89. The molecular formula is C15H19FN2O2. The van der Waals surface area contributed by atoms with E-state index in [0.717, 1.165) is 11.3 Å². The Morgan fingerprint density at radius 2 is 2.00 bits per heavy atom. The molecule has 1 aromatic rings. The van der Waals surface area contributed by atoms with Crippen molar-refractivity contribution in [1.29, 1.82) is 0 Å². The topological polar surface area (TPSA) is 50.7 Å². The minimum Gasteiger partial charge on any atom is -0.382 e. The highest BCUT2D eigenvalue weighted by molar-refractivity contribution is 5.93. The zero-order valence-corrected chi connectivity index (χ0v) is 11.9. The third-order valence-corrected chi connectivity index (χ3v) is 3.38. The average molecular weight is 278 g/mol. The van der Waals surface area contributed by atoms with Crippen LogP contribution in [0.5, 0.6) is 0 Å². The van der Waals surface area contributed by atoms with E-state index >= 15 is 0 Å². The molecule has 4 nitrogen and oxygen atoms in total. The molecule has 0 radical (unpaired) electrons. The number of oxime groups is 1. The van der Waals surface area contributed by atoms with Crippen molar-refractivity contribution in [3.05, 3.63) is 35.6 Å². The molecule has 0 saturated heterocycles. The summed E-state index contributed by atoms with van der Waals surface area (Å²) < 4.78 is 12.9. The van der Waals surface area contributed by atoms with Gasteiger partial charge in [-0.05, 0) is 30.5 Å². The first-order valence-corrected chi connectivity index (χ1v) is 6.75. The lowest BCUT2D eigenvalue weighted by molar-refractivity contribution is -0.131. The minimum atomic E-state index is -0.560. The van der Waals surface area contributed by atoms with Crippen LogP contribution in [0.1, 0.15) is 38.8 Å². The smallest absolute Gasteiger partial charge is 0.264 e. The number of hydrogen-bond acceptors (Lipinski definition) is 3. The number of halogens is 1. The highest BCUT2D eigenvalue weighted by atomic mass is 19.1. The van der Waals surface area contributed by atoms with E-state index in [2.05, 4.69) is 10.5 Å². The Morgan fingerprint density at radius 3 is 2.55 bits per heavy atom. The predicted octanol–water partition coefficient (Wildman–Crippen LogP) is 2.80. The van der Waals surface area contributed by atoms with E-state index in [1.807, 2.05) is 20.8 Å². The predicted molar refractivity (Wildman–Crippen MR) is 74.7 cm³/mol. The van der Waals surface area contributed by atoms with Gasteiger partial charge in [0.1, 0.15) is 5.82 Å². The van der Waals surface area contributed by atoms with Crippen molar-refractivity contribution in [2.75, 3.05) is 0 Å². The Hall–Kier alpha value is -1.91. The number of hydrogen-bond donors (Lipinski definition) is 1. The van der Waals surface area contributed by atoms with Gasteiger partial charge in [0.15, 0.2) is 0 Å². The van der Waals surface area contributed by atoms with E-state index in [9.17, 15) is 9.18 Å². The zero-order chi connectivity index (χ0) is 14.7. The van der Waals surface area contributed by atoms with Gasteiger partial charge >= 0.3 is 0 Å². The molecule has 0 aromatic heterocycles. The van der Waals surface area contributed by atoms with Crippen LogP contribution in [-0.4, -0.2) is 17.7 Å². The summed E-state index contributed by atoms with van der Waals surface area (Å²) in [6.45, 7) is 5.89. The first-order valence-electron chi connectivity index (χ1n) is 6.75. The van der Waals surface area contributed by atoms with Crippen LogP contribution in [0.15, 0.2) is 29.4 Å². The van der Waals surface area contributed by atoms with E-state index in [0.29, 0.717) is 6.42 Å². The summed E-state index contributed by atoms with van der Waals surface area (Å²) in [5.41, 5.74) is 1.75. The number of amides is 1. The largest absolute Gasteiger partial charge is 0.382 e. The second-order valence-electron chi connectivity index (χ2n) is 5.32. The Morgan fingerprint density at radius 1 is 1.35 bits per heavy atom. The fraction of sp³-hybridized carbons (Fsp3) is 0.467. The molecular weight excluding hydrogens is 259 g/mol. The summed E-state index contributed by atoms with van der Waals surface area (Å²) >= 11 is 0. The summed E-state index contributed by atoms with van der Waals surface area (Å²) in [7, 11) is 0. The lowest BCUT2D eigenvalue weighted by atomic mass is 10.0. The molecule has 108 valence electrons. The maximum Gasteiger partial charge on any atom is 0.264 e. The molecule has 1 N–H and O–H groups in total. The molecule has 2 unspecified atom stereocenters. The molecule has 0 spiro atoms. The van der Waals surface area contributed by atoms with E-state index < -0.39 is 6.10 Å². The van der Waals surface area contributed by atoms with Crippen LogP contribution in [0.3, 0.4) is 0 Å². The van der Waals surface area contributed by atoms with Crippen molar-refractivity contribution in [3.8, 4) is 0 Å². The van der Waals surface area contributed by atoms with Gasteiger partial charge < -0.3 is 10.2 Å². The monoisotopic (exact) mass is 278 g/mol. The van der Waals surface area contributed by atoms with Crippen molar-refractivity contribution in [3.63, 3.8) is 0 Å². The minimum absolute atomic E-state index is 0.193. The maximum atomic E-state index is 12.9. The van der Waals surface area contributed by atoms with Crippen molar-refractivity contribution >= 4 is 11.6 Å². The molecule has 1 aliphatic heterocycles. The van der Waals surface area contributed by atoms with Gasteiger partial charge in [0.2, 0.25) is 6.10 Å². The van der Waals surface area contributed by atoms with Crippen molar-refractivity contribution in [2.45, 2.75) is 39.3 Å². The summed E-state index contributed by atoms with van der Waals surface area (Å²) in [6, 6.07) is 5.88. The molecule has 5 heteroatoms. The molecule has 0 saturated carbocycles. The van der Waals surface area contributed by atoms with E-state index in [1.165, 1.54) is 12.1 Å². The SMILES string of the molecule is CC(C)C1=NOC(C(=O)NC(C)c2ccc(F)cc2)C1. The van der Waals surface area contributed by atoms with Gasteiger partial charge in [-0.1, -0.05) is 31.1 Å². The Labute approximate surface area is 118 Å². The molecule has 20 heavy (non-hydrogen) atoms. The molecule has 1 amide bonds. The lowest BCUT2D eigenvalue weighted by Gasteiger charge is -2.16. The summed E-state index contributed by atoms with van der Waals surface area (Å²) in [6.07, 6.45) is -0.0325. The number of carbonyl (C=O) groups excluding carboxylic acids is 1. The quantitative estimate of drug-likeness (QED) is 0.920. The molecule has 1 aliphatic rings. The Kier molecular flexibility index (Phi) is 4.37. The van der Waals surface area contributed by atoms with Crippen LogP contribution in [-0.2, 0) is 9.63 Å². The fourth-order valence-electron chi connectivity index (χ4n) is 2.02. The summed E-state index contributed by atoms with van der Waals surface area (Å²) in [5, 5.41) is 6.79. The highest BCUT2D eigenvalue weighted by Gasteiger charge is 2.30. The summed E-state index contributed by atoms with van der Waals surface area (Å²) in [5.74, 6) is -0.204. The second kappa shape index (κ2) is 6.03. The van der Waals surface area contributed by atoms with Gasteiger partial charge in [-0.2, -0.15) is 0 Å². The zero-order valence-electron chi connectivity index (χ0n) is 11.9. The number of nitrogens with zero attached hydrogens (tertiary/aromatic N) is 1. The van der Waals surface area contributed by atoms with Gasteiger partial charge in [0.05, 0.1) is 11.8 Å². The number of nitrogens with one attached hydrogen (secondary N) is 1. The molecule has 0 bridgehead atoms. The van der Waals surface area contributed by atoms with E-state index in [-0.39, 0.29) is 23.7 Å². The first kappa shape index (κ1) is 14.5. The van der Waals surface area contributed by atoms with Crippen molar-refractivity contribution in [2.24, 2.45) is 11.1 Å². The van der Waals surface area contributed by atoms with Crippen LogP contribution in [0.25, 0.3) is 0 Å². The third kappa shape index (κ3) is 3.35. The van der Waals surface area contributed by atoms with Gasteiger partial charge in [0.25, 0.3) is 5.91 Å². The Balaban J connectivity index is 1.91.